The maximum absolute atomic E-state index is 13.7. The van der Waals surface area contributed by atoms with Crippen LogP contribution in [0.25, 0.3) is 0 Å². The Morgan fingerprint density at radius 3 is 2.33 bits per heavy atom. The zero-order chi connectivity index (χ0) is 15.4. The van der Waals surface area contributed by atoms with Gasteiger partial charge < -0.3 is 10.1 Å². The molecule has 0 fully saturated rings. The number of hydrogen-bond donors (Lipinski definition) is 1. The maximum atomic E-state index is 13.7. The number of benzene rings is 2. The van der Waals surface area contributed by atoms with Gasteiger partial charge in [-0.3, -0.25) is 0 Å². The third-order valence-electron chi connectivity index (χ3n) is 3.29. The van der Waals surface area contributed by atoms with Crippen molar-refractivity contribution < 1.29 is 9.13 Å². The van der Waals surface area contributed by atoms with Crippen molar-refractivity contribution in [3.05, 3.63) is 63.4 Å². The van der Waals surface area contributed by atoms with Crippen molar-refractivity contribution in [1.82, 2.24) is 5.32 Å². The van der Waals surface area contributed by atoms with Crippen LogP contribution in [0.15, 0.2) is 36.4 Å². The average molecular weight is 328 g/mol. The summed E-state index contributed by atoms with van der Waals surface area (Å²) in [4.78, 5) is 0. The summed E-state index contributed by atoms with van der Waals surface area (Å²) >= 11 is 12.1. The summed E-state index contributed by atoms with van der Waals surface area (Å²) in [6, 6.07) is 10.3. The van der Waals surface area contributed by atoms with Crippen molar-refractivity contribution in [2.75, 3.05) is 14.2 Å². The van der Waals surface area contributed by atoms with E-state index in [1.165, 1.54) is 13.2 Å². The molecule has 0 amide bonds. The van der Waals surface area contributed by atoms with Gasteiger partial charge in [-0.2, -0.15) is 0 Å². The van der Waals surface area contributed by atoms with Crippen molar-refractivity contribution in [3.63, 3.8) is 0 Å². The van der Waals surface area contributed by atoms with Gasteiger partial charge in [0.25, 0.3) is 0 Å². The second-order valence-corrected chi connectivity index (χ2v) is 5.59. The zero-order valence-electron chi connectivity index (χ0n) is 11.8. The summed E-state index contributed by atoms with van der Waals surface area (Å²) in [5.74, 6) is -0.125. The molecule has 2 rings (SSSR count). The van der Waals surface area contributed by atoms with Crippen molar-refractivity contribution in [1.29, 1.82) is 0 Å². The Labute approximate surface area is 133 Å². The highest BCUT2D eigenvalue weighted by Gasteiger charge is 2.13. The highest BCUT2D eigenvalue weighted by atomic mass is 35.5. The number of hydrogen-bond acceptors (Lipinski definition) is 2. The van der Waals surface area contributed by atoms with Crippen LogP contribution in [0.3, 0.4) is 0 Å². The van der Waals surface area contributed by atoms with Crippen molar-refractivity contribution in [2.24, 2.45) is 0 Å². The molecule has 0 bridgehead atoms. The van der Waals surface area contributed by atoms with Gasteiger partial charge in [0.15, 0.2) is 11.6 Å². The van der Waals surface area contributed by atoms with Crippen LogP contribution in [-0.2, 0) is 6.42 Å². The van der Waals surface area contributed by atoms with Gasteiger partial charge >= 0.3 is 0 Å². The SMILES string of the molecule is CNC(Cc1ccc(OC)c(F)c1)c1cc(Cl)cc(Cl)c1. The van der Waals surface area contributed by atoms with E-state index in [0.29, 0.717) is 16.5 Å². The molecule has 0 aromatic heterocycles. The third kappa shape index (κ3) is 4.10. The second kappa shape index (κ2) is 7.12. The van der Waals surface area contributed by atoms with Crippen LogP contribution in [0.4, 0.5) is 4.39 Å². The number of halogens is 3. The van der Waals surface area contributed by atoms with E-state index in [4.69, 9.17) is 27.9 Å². The zero-order valence-corrected chi connectivity index (χ0v) is 13.3. The summed E-state index contributed by atoms with van der Waals surface area (Å²) in [5, 5.41) is 4.36. The van der Waals surface area contributed by atoms with Crippen molar-refractivity contribution in [2.45, 2.75) is 12.5 Å². The molecule has 1 N–H and O–H groups in total. The van der Waals surface area contributed by atoms with E-state index in [0.717, 1.165) is 11.1 Å². The molecule has 112 valence electrons. The van der Waals surface area contributed by atoms with E-state index in [1.54, 1.807) is 12.1 Å². The number of rotatable bonds is 5. The maximum Gasteiger partial charge on any atom is 0.165 e. The first-order valence-electron chi connectivity index (χ1n) is 6.49. The van der Waals surface area contributed by atoms with Crippen LogP contribution in [0.2, 0.25) is 10.0 Å². The quantitative estimate of drug-likeness (QED) is 0.863. The molecule has 0 spiro atoms. The van der Waals surface area contributed by atoms with E-state index in [1.807, 2.05) is 25.2 Å². The van der Waals surface area contributed by atoms with Crippen LogP contribution in [0.5, 0.6) is 5.75 Å². The van der Waals surface area contributed by atoms with Gasteiger partial charge in [0.1, 0.15) is 0 Å². The number of ether oxygens (including phenoxy) is 1. The van der Waals surface area contributed by atoms with E-state index in [-0.39, 0.29) is 17.6 Å². The molecule has 2 aromatic carbocycles. The first-order chi connectivity index (χ1) is 10.0. The molecule has 2 nitrogen and oxygen atoms in total. The van der Waals surface area contributed by atoms with Gasteiger partial charge in [-0.1, -0.05) is 29.3 Å². The summed E-state index contributed by atoms with van der Waals surface area (Å²) in [5.41, 5.74) is 1.83. The molecule has 0 aliphatic rings. The van der Waals surface area contributed by atoms with Gasteiger partial charge in [-0.25, -0.2) is 4.39 Å². The standard InChI is InChI=1S/C16H16Cl2FNO/c1-20-15(11-7-12(17)9-13(18)8-11)6-10-3-4-16(21-2)14(19)5-10/h3-5,7-9,15,20H,6H2,1-2H3. The molecule has 0 radical (unpaired) electrons. The lowest BCUT2D eigenvalue weighted by molar-refractivity contribution is 0.386. The summed E-state index contributed by atoms with van der Waals surface area (Å²) in [6.45, 7) is 0. The molecule has 0 saturated carbocycles. The lowest BCUT2D eigenvalue weighted by Gasteiger charge is -2.18. The number of nitrogens with one attached hydrogen (secondary N) is 1. The van der Waals surface area contributed by atoms with Crippen LogP contribution in [0.1, 0.15) is 17.2 Å². The van der Waals surface area contributed by atoms with Gasteiger partial charge in [-0.05, 0) is 54.9 Å². The van der Waals surface area contributed by atoms with Crippen molar-refractivity contribution in [3.8, 4) is 5.75 Å². The fourth-order valence-corrected chi connectivity index (χ4v) is 2.78. The van der Waals surface area contributed by atoms with Gasteiger partial charge in [0.2, 0.25) is 0 Å². The molecule has 1 unspecified atom stereocenters. The summed E-state index contributed by atoms with van der Waals surface area (Å²) < 4.78 is 18.7. The smallest absolute Gasteiger partial charge is 0.165 e. The summed E-state index contributed by atoms with van der Waals surface area (Å²) in [6.07, 6.45) is 0.619. The Morgan fingerprint density at radius 2 is 1.81 bits per heavy atom. The molecule has 0 aliphatic carbocycles. The van der Waals surface area contributed by atoms with Crippen molar-refractivity contribution >= 4 is 23.2 Å². The first-order valence-corrected chi connectivity index (χ1v) is 7.24. The molecule has 1 atom stereocenters. The largest absolute Gasteiger partial charge is 0.494 e. The molecular formula is C16H16Cl2FNO. The average Bonchev–Trinajstić information content (AvgIpc) is 2.43. The predicted octanol–water partition coefficient (Wildman–Crippen LogP) is 4.64. The number of likely N-dealkylation sites (N-methyl/N-ethyl adjacent to an activating group) is 1. The van der Waals surface area contributed by atoms with Gasteiger partial charge in [0.05, 0.1) is 7.11 Å². The molecular weight excluding hydrogens is 312 g/mol. The lowest BCUT2D eigenvalue weighted by Crippen LogP contribution is -2.19. The lowest BCUT2D eigenvalue weighted by atomic mass is 9.99. The summed E-state index contributed by atoms with van der Waals surface area (Å²) in [7, 11) is 3.29. The normalized spacial score (nSPS) is 12.2. The minimum absolute atomic E-state index is 0.00556. The second-order valence-electron chi connectivity index (χ2n) is 4.72. The van der Waals surface area contributed by atoms with E-state index < -0.39 is 0 Å². The van der Waals surface area contributed by atoms with Gasteiger partial charge in [0, 0.05) is 16.1 Å². The molecule has 0 heterocycles. The first kappa shape index (κ1) is 16.1. The van der Waals surface area contributed by atoms with E-state index >= 15 is 0 Å². The topological polar surface area (TPSA) is 21.3 Å². The van der Waals surface area contributed by atoms with Crippen LogP contribution in [-0.4, -0.2) is 14.2 Å². The highest BCUT2D eigenvalue weighted by Crippen LogP contribution is 2.27. The fraction of sp³-hybridized carbons (Fsp3) is 0.250. The van der Waals surface area contributed by atoms with Crippen LogP contribution < -0.4 is 10.1 Å². The van der Waals surface area contributed by atoms with Gasteiger partial charge in [-0.15, -0.1) is 0 Å². The minimum atomic E-state index is -0.367. The molecule has 0 saturated heterocycles. The monoisotopic (exact) mass is 327 g/mol. The Balaban J connectivity index is 2.24. The minimum Gasteiger partial charge on any atom is -0.494 e. The van der Waals surface area contributed by atoms with E-state index in [2.05, 4.69) is 5.32 Å². The predicted molar refractivity (Wildman–Crippen MR) is 84.9 cm³/mol. The molecule has 0 aliphatic heterocycles. The Hall–Kier alpha value is -1.29. The molecule has 5 heteroatoms. The Morgan fingerprint density at radius 1 is 1.14 bits per heavy atom. The van der Waals surface area contributed by atoms with Crippen LogP contribution >= 0.6 is 23.2 Å². The highest BCUT2D eigenvalue weighted by molar-refractivity contribution is 6.34. The molecule has 21 heavy (non-hydrogen) atoms. The third-order valence-corrected chi connectivity index (χ3v) is 3.73. The number of methoxy groups -OCH3 is 1. The Bertz CT molecular complexity index is 613. The molecule has 2 aromatic rings. The Kier molecular flexibility index (Phi) is 5.45. The van der Waals surface area contributed by atoms with Crippen LogP contribution in [0, 0.1) is 5.82 Å². The van der Waals surface area contributed by atoms with E-state index in [9.17, 15) is 4.39 Å². The fourth-order valence-electron chi connectivity index (χ4n) is 2.24.